The molecule has 2 aromatic heterocycles. The molecule has 1 N–H and O–H groups in total. The second-order valence-electron chi connectivity index (χ2n) is 7.28. The fourth-order valence-electron chi connectivity index (χ4n) is 3.42. The van der Waals surface area contributed by atoms with Crippen LogP contribution in [0, 0.1) is 0 Å². The lowest BCUT2D eigenvalue weighted by Crippen LogP contribution is -2.39. The Morgan fingerprint density at radius 2 is 1.90 bits per heavy atom. The normalized spacial score (nSPS) is 14.5. The summed E-state index contributed by atoms with van der Waals surface area (Å²) in [6, 6.07) is 11.2. The average molecular weight is 462 g/mol. The van der Waals surface area contributed by atoms with Crippen molar-refractivity contribution in [2.45, 2.75) is 13.2 Å². The quantitative estimate of drug-likeness (QED) is 0.520. The van der Waals surface area contributed by atoms with Gasteiger partial charge in [-0.2, -0.15) is 4.98 Å². The first-order valence-corrected chi connectivity index (χ1v) is 11.0. The molecule has 0 spiro atoms. The molecule has 164 valence electrons. The van der Waals surface area contributed by atoms with Crippen molar-refractivity contribution in [3.8, 4) is 5.88 Å². The number of nitrogens with zero attached hydrogens (tertiary/aromatic N) is 4. The van der Waals surface area contributed by atoms with E-state index in [1.807, 2.05) is 41.1 Å². The van der Waals surface area contributed by atoms with Crippen molar-refractivity contribution >= 4 is 29.0 Å². The van der Waals surface area contributed by atoms with E-state index in [1.165, 1.54) is 0 Å². The number of halogens is 2. The second-order valence-corrected chi connectivity index (χ2v) is 8.15. The van der Waals surface area contributed by atoms with E-state index in [0.29, 0.717) is 29.1 Å². The topological polar surface area (TPSA) is 64.4 Å². The SMILES string of the molecule is Clc1cc(Cl)cc(Cn2ccnc2COc2cccc(NCCN3CCOCC3)n2)c1. The van der Waals surface area contributed by atoms with Crippen molar-refractivity contribution < 1.29 is 9.47 Å². The molecule has 9 heteroatoms. The number of imidazole rings is 1. The molecule has 4 rings (SSSR count). The summed E-state index contributed by atoms with van der Waals surface area (Å²) in [5.74, 6) is 2.14. The molecule has 0 atom stereocenters. The maximum atomic E-state index is 6.11. The van der Waals surface area contributed by atoms with Gasteiger partial charge in [0.15, 0.2) is 0 Å². The van der Waals surface area contributed by atoms with Crippen LogP contribution in [0.1, 0.15) is 11.4 Å². The highest BCUT2D eigenvalue weighted by Crippen LogP contribution is 2.20. The first-order valence-electron chi connectivity index (χ1n) is 10.2. The molecule has 0 bridgehead atoms. The van der Waals surface area contributed by atoms with Gasteiger partial charge in [0.2, 0.25) is 5.88 Å². The Kier molecular flexibility index (Phi) is 7.64. The number of rotatable bonds is 9. The van der Waals surface area contributed by atoms with Gasteiger partial charge in [-0.15, -0.1) is 0 Å². The summed E-state index contributed by atoms with van der Waals surface area (Å²) in [5.41, 5.74) is 1.00. The van der Waals surface area contributed by atoms with Gasteiger partial charge in [-0.1, -0.05) is 29.3 Å². The number of aromatic nitrogens is 3. The van der Waals surface area contributed by atoms with Crippen LogP contribution in [-0.2, 0) is 17.9 Å². The molecule has 0 unspecified atom stereocenters. The molecule has 0 saturated carbocycles. The Balaban J connectivity index is 1.30. The van der Waals surface area contributed by atoms with Crippen LogP contribution in [0.3, 0.4) is 0 Å². The molecule has 3 heterocycles. The van der Waals surface area contributed by atoms with Crippen molar-refractivity contribution in [3.05, 3.63) is 70.2 Å². The minimum atomic E-state index is 0.311. The van der Waals surface area contributed by atoms with Crippen LogP contribution in [0.2, 0.25) is 10.0 Å². The van der Waals surface area contributed by atoms with Crippen LogP contribution in [-0.4, -0.2) is 58.8 Å². The van der Waals surface area contributed by atoms with Gasteiger partial charge in [0.05, 0.1) is 13.2 Å². The van der Waals surface area contributed by atoms with E-state index in [0.717, 1.165) is 56.6 Å². The number of hydrogen-bond donors (Lipinski definition) is 1. The number of morpholine rings is 1. The predicted octanol–water partition coefficient (Wildman–Crippen LogP) is 3.96. The van der Waals surface area contributed by atoms with E-state index in [2.05, 4.69) is 20.2 Å². The van der Waals surface area contributed by atoms with Gasteiger partial charge < -0.3 is 19.4 Å². The molecule has 0 aliphatic carbocycles. The van der Waals surface area contributed by atoms with E-state index in [9.17, 15) is 0 Å². The van der Waals surface area contributed by atoms with E-state index < -0.39 is 0 Å². The maximum absolute atomic E-state index is 6.11. The van der Waals surface area contributed by atoms with Gasteiger partial charge in [-0.25, -0.2) is 4.98 Å². The van der Waals surface area contributed by atoms with Crippen molar-refractivity contribution in [2.24, 2.45) is 0 Å². The minimum Gasteiger partial charge on any atom is -0.469 e. The third kappa shape index (κ3) is 6.58. The van der Waals surface area contributed by atoms with E-state index >= 15 is 0 Å². The summed E-state index contributed by atoms with van der Waals surface area (Å²) < 4.78 is 13.3. The molecule has 3 aromatic rings. The molecule has 0 amide bonds. The molecule has 1 saturated heterocycles. The summed E-state index contributed by atoms with van der Waals surface area (Å²) in [6.45, 7) is 6.27. The van der Waals surface area contributed by atoms with Crippen LogP contribution in [0.5, 0.6) is 5.88 Å². The third-order valence-electron chi connectivity index (χ3n) is 4.99. The molecule has 0 radical (unpaired) electrons. The van der Waals surface area contributed by atoms with Gasteiger partial charge in [0, 0.05) is 61.2 Å². The lowest BCUT2D eigenvalue weighted by molar-refractivity contribution is 0.0398. The number of pyridine rings is 1. The summed E-state index contributed by atoms with van der Waals surface area (Å²) in [4.78, 5) is 11.3. The fourth-order valence-corrected chi connectivity index (χ4v) is 3.99. The Bertz CT molecular complexity index is 971. The van der Waals surface area contributed by atoms with Crippen molar-refractivity contribution in [1.29, 1.82) is 0 Å². The van der Waals surface area contributed by atoms with Gasteiger partial charge in [0.25, 0.3) is 0 Å². The lowest BCUT2D eigenvalue weighted by Gasteiger charge is -2.26. The lowest BCUT2D eigenvalue weighted by atomic mass is 10.2. The Labute approximate surface area is 191 Å². The zero-order valence-corrected chi connectivity index (χ0v) is 18.6. The van der Waals surface area contributed by atoms with Crippen molar-refractivity contribution in [2.75, 3.05) is 44.7 Å². The van der Waals surface area contributed by atoms with Crippen LogP contribution < -0.4 is 10.1 Å². The molecule has 1 aliphatic rings. The Hall–Kier alpha value is -2.32. The zero-order chi connectivity index (χ0) is 21.5. The first kappa shape index (κ1) is 21.9. The molecular weight excluding hydrogens is 437 g/mol. The highest BCUT2D eigenvalue weighted by atomic mass is 35.5. The number of benzene rings is 1. The minimum absolute atomic E-state index is 0.311. The standard InChI is InChI=1S/C22H25Cl2N5O2/c23-18-12-17(13-19(24)14-18)15-29-7-5-26-21(29)16-31-22-3-1-2-20(27-22)25-4-6-28-8-10-30-11-9-28/h1-3,5,7,12-14H,4,6,8-11,15-16H2,(H,25,27). The number of anilines is 1. The fraction of sp³-hybridized carbons (Fsp3) is 0.364. The average Bonchev–Trinajstić information content (AvgIpc) is 3.19. The van der Waals surface area contributed by atoms with Crippen LogP contribution in [0.4, 0.5) is 5.82 Å². The maximum Gasteiger partial charge on any atom is 0.215 e. The van der Waals surface area contributed by atoms with Gasteiger partial charge in [0.1, 0.15) is 18.2 Å². The number of nitrogens with one attached hydrogen (secondary N) is 1. The Morgan fingerprint density at radius 1 is 1.10 bits per heavy atom. The molecule has 7 nitrogen and oxygen atoms in total. The Morgan fingerprint density at radius 3 is 2.71 bits per heavy atom. The molecule has 1 aliphatic heterocycles. The van der Waals surface area contributed by atoms with E-state index in [4.69, 9.17) is 32.7 Å². The van der Waals surface area contributed by atoms with E-state index in [1.54, 1.807) is 12.3 Å². The third-order valence-corrected chi connectivity index (χ3v) is 5.42. The van der Waals surface area contributed by atoms with Gasteiger partial charge >= 0.3 is 0 Å². The first-order chi connectivity index (χ1) is 15.2. The predicted molar refractivity (Wildman–Crippen MR) is 122 cm³/mol. The number of hydrogen-bond acceptors (Lipinski definition) is 6. The molecule has 31 heavy (non-hydrogen) atoms. The van der Waals surface area contributed by atoms with Crippen molar-refractivity contribution in [1.82, 2.24) is 19.4 Å². The van der Waals surface area contributed by atoms with Gasteiger partial charge in [-0.3, -0.25) is 4.90 Å². The van der Waals surface area contributed by atoms with Crippen LogP contribution in [0.25, 0.3) is 0 Å². The second kappa shape index (κ2) is 10.8. The van der Waals surface area contributed by atoms with Crippen molar-refractivity contribution in [3.63, 3.8) is 0 Å². The summed E-state index contributed by atoms with van der Waals surface area (Å²) in [7, 11) is 0. The molecular formula is C22H25Cl2N5O2. The summed E-state index contributed by atoms with van der Waals surface area (Å²) in [5, 5.41) is 4.59. The highest BCUT2D eigenvalue weighted by Gasteiger charge is 2.10. The zero-order valence-electron chi connectivity index (χ0n) is 17.1. The van der Waals surface area contributed by atoms with E-state index in [-0.39, 0.29) is 0 Å². The van der Waals surface area contributed by atoms with Gasteiger partial charge in [-0.05, 0) is 29.8 Å². The highest BCUT2D eigenvalue weighted by molar-refractivity contribution is 6.34. The summed E-state index contributed by atoms with van der Waals surface area (Å²) in [6.07, 6.45) is 3.66. The monoisotopic (exact) mass is 461 g/mol. The molecule has 1 fully saturated rings. The summed E-state index contributed by atoms with van der Waals surface area (Å²) >= 11 is 12.2. The largest absolute Gasteiger partial charge is 0.469 e. The number of ether oxygens (including phenoxy) is 2. The van der Waals surface area contributed by atoms with Crippen LogP contribution in [0.15, 0.2) is 48.8 Å². The van der Waals surface area contributed by atoms with Crippen LogP contribution >= 0.6 is 23.2 Å². The molecule has 1 aromatic carbocycles. The smallest absolute Gasteiger partial charge is 0.215 e.